The molecule has 154 valence electrons. The van der Waals surface area contributed by atoms with E-state index in [1.165, 1.54) is 23.1 Å². The largest absolute Gasteiger partial charge is 0.503 e. The van der Waals surface area contributed by atoms with Crippen LogP contribution in [-0.4, -0.2) is 28.9 Å². The van der Waals surface area contributed by atoms with Gasteiger partial charge in [-0.1, -0.05) is 37.3 Å². The van der Waals surface area contributed by atoms with E-state index in [1.807, 2.05) is 0 Å². The Kier molecular flexibility index (Phi) is 5.03. The fraction of sp³-hybridized carbons (Fsp3) is 0.227. The van der Waals surface area contributed by atoms with E-state index in [0.717, 1.165) is 11.3 Å². The number of Topliss-reactive ketones (excluding diaryl/α,β-unsaturated/α-hetero) is 1. The number of aliphatic hydroxyl groups is 1. The summed E-state index contributed by atoms with van der Waals surface area (Å²) in [4.78, 5) is 31.7. The highest BCUT2D eigenvalue weighted by atomic mass is 32.1. The molecule has 2 aromatic carbocycles. The number of hydrogen-bond acceptors (Lipinski definition) is 6. The average molecular weight is 426 g/mol. The van der Waals surface area contributed by atoms with Gasteiger partial charge in [0.25, 0.3) is 5.91 Å². The molecule has 4 rings (SSSR count). The molecule has 0 saturated heterocycles. The third-order valence-electron chi connectivity index (χ3n) is 4.97. The summed E-state index contributed by atoms with van der Waals surface area (Å²) < 4.78 is 19.4. The van der Waals surface area contributed by atoms with Crippen molar-refractivity contribution in [2.75, 3.05) is 12.0 Å². The summed E-state index contributed by atoms with van der Waals surface area (Å²) in [5.41, 5.74) is 1.19. The standard InChI is InChI=1S/C22H19FN2O4S/c1-11(2)19(26)17-18(12-4-7-14(29-3)8-5-12)25(21(28)20(17)27)22-24-15-9-6-13(23)10-16(15)30-22/h4-11,18,27H,1-3H3. The Bertz CT molecular complexity index is 1180. The van der Waals surface area contributed by atoms with Crippen LogP contribution in [0.3, 0.4) is 0 Å². The Morgan fingerprint density at radius 1 is 1.23 bits per heavy atom. The quantitative estimate of drug-likeness (QED) is 0.647. The molecule has 1 amide bonds. The van der Waals surface area contributed by atoms with E-state index < -0.39 is 29.4 Å². The molecular formula is C22H19FN2O4S. The number of aromatic nitrogens is 1. The summed E-state index contributed by atoms with van der Waals surface area (Å²) in [6, 6.07) is 10.2. The second kappa shape index (κ2) is 7.53. The zero-order valence-corrected chi connectivity index (χ0v) is 17.4. The topological polar surface area (TPSA) is 79.7 Å². The van der Waals surface area contributed by atoms with Gasteiger partial charge < -0.3 is 9.84 Å². The lowest BCUT2D eigenvalue weighted by Crippen LogP contribution is -2.31. The molecule has 0 radical (unpaired) electrons. The molecule has 30 heavy (non-hydrogen) atoms. The molecule has 0 aliphatic carbocycles. The lowest BCUT2D eigenvalue weighted by Gasteiger charge is -2.25. The van der Waals surface area contributed by atoms with Crippen LogP contribution >= 0.6 is 11.3 Å². The lowest BCUT2D eigenvalue weighted by atomic mass is 9.91. The minimum atomic E-state index is -0.844. The maximum Gasteiger partial charge on any atom is 0.296 e. The fourth-order valence-corrected chi connectivity index (χ4v) is 4.47. The smallest absolute Gasteiger partial charge is 0.296 e. The summed E-state index contributed by atoms with van der Waals surface area (Å²) in [7, 11) is 1.54. The van der Waals surface area contributed by atoms with Crippen molar-refractivity contribution in [3.63, 3.8) is 0 Å². The number of anilines is 1. The Balaban J connectivity index is 1.88. The Labute approximate surface area is 176 Å². The number of rotatable bonds is 5. The van der Waals surface area contributed by atoms with Crippen LogP contribution in [0.2, 0.25) is 0 Å². The van der Waals surface area contributed by atoms with Gasteiger partial charge in [-0.05, 0) is 35.9 Å². The Morgan fingerprint density at radius 2 is 1.93 bits per heavy atom. The fourth-order valence-electron chi connectivity index (χ4n) is 3.46. The number of fused-ring (bicyclic) bond motifs is 1. The SMILES string of the molecule is COc1ccc(C2C(C(=O)C(C)C)=C(O)C(=O)N2c2nc3ccc(F)cc3s2)cc1. The highest BCUT2D eigenvalue weighted by Crippen LogP contribution is 2.44. The number of halogens is 1. The van der Waals surface area contributed by atoms with E-state index >= 15 is 0 Å². The van der Waals surface area contributed by atoms with Crippen LogP contribution in [0.25, 0.3) is 10.2 Å². The number of methoxy groups -OCH3 is 1. The molecule has 1 N–H and O–H groups in total. The molecule has 1 aliphatic rings. The van der Waals surface area contributed by atoms with E-state index in [0.29, 0.717) is 21.5 Å². The van der Waals surface area contributed by atoms with Crippen LogP contribution in [-0.2, 0) is 9.59 Å². The van der Waals surface area contributed by atoms with Crippen molar-refractivity contribution in [1.29, 1.82) is 0 Å². The number of ether oxygens (including phenoxy) is 1. The van der Waals surface area contributed by atoms with E-state index in [-0.39, 0.29) is 16.5 Å². The van der Waals surface area contributed by atoms with Gasteiger partial charge in [0.1, 0.15) is 11.6 Å². The summed E-state index contributed by atoms with van der Waals surface area (Å²) in [5.74, 6) is -1.82. The summed E-state index contributed by atoms with van der Waals surface area (Å²) >= 11 is 1.12. The van der Waals surface area contributed by atoms with Gasteiger partial charge in [-0.2, -0.15) is 0 Å². The molecule has 1 unspecified atom stereocenters. The Morgan fingerprint density at radius 3 is 2.57 bits per heavy atom. The van der Waals surface area contributed by atoms with Crippen molar-refractivity contribution in [3.8, 4) is 5.75 Å². The summed E-state index contributed by atoms with van der Waals surface area (Å²) in [6.45, 7) is 3.42. The molecule has 6 nitrogen and oxygen atoms in total. The number of ketones is 1. The maximum atomic E-state index is 13.6. The van der Waals surface area contributed by atoms with E-state index in [1.54, 1.807) is 45.2 Å². The van der Waals surface area contributed by atoms with Crippen LogP contribution in [0, 0.1) is 11.7 Å². The van der Waals surface area contributed by atoms with Gasteiger partial charge in [-0.3, -0.25) is 14.5 Å². The molecule has 0 fully saturated rings. The molecule has 0 bridgehead atoms. The number of benzene rings is 2. The van der Waals surface area contributed by atoms with Crippen molar-refractivity contribution in [2.24, 2.45) is 5.92 Å². The molecule has 1 aliphatic heterocycles. The molecule has 0 saturated carbocycles. The van der Waals surface area contributed by atoms with Crippen molar-refractivity contribution in [2.45, 2.75) is 19.9 Å². The lowest BCUT2D eigenvalue weighted by molar-refractivity contribution is -0.119. The molecular weight excluding hydrogens is 407 g/mol. The van der Waals surface area contributed by atoms with E-state index in [4.69, 9.17) is 4.74 Å². The first-order valence-electron chi connectivity index (χ1n) is 9.32. The summed E-state index contributed by atoms with van der Waals surface area (Å²) in [5, 5.41) is 10.9. The minimum absolute atomic E-state index is 0.0330. The number of hydrogen-bond donors (Lipinski definition) is 1. The third-order valence-corrected chi connectivity index (χ3v) is 5.99. The van der Waals surface area contributed by atoms with Gasteiger partial charge >= 0.3 is 0 Å². The van der Waals surface area contributed by atoms with Crippen LogP contribution in [0.15, 0.2) is 53.8 Å². The zero-order chi connectivity index (χ0) is 21.6. The monoisotopic (exact) mass is 426 g/mol. The van der Waals surface area contributed by atoms with Gasteiger partial charge in [0.15, 0.2) is 16.7 Å². The van der Waals surface area contributed by atoms with Crippen LogP contribution in [0.1, 0.15) is 25.5 Å². The van der Waals surface area contributed by atoms with Crippen LogP contribution in [0.5, 0.6) is 5.75 Å². The maximum absolute atomic E-state index is 13.6. The predicted molar refractivity (Wildman–Crippen MR) is 112 cm³/mol. The average Bonchev–Trinajstić information content (AvgIpc) is 3.25. The predicted octanol–water partition coefficient (Wildman–Crippen LogP) is 4.57. The normalized spacial score (nSPS) is 16.8. The van der Waals surface area contributed by atoms with Gasteiger partial charge in [0.2, 0.25) is 0 Å². The molecule has 2 heterocycles. The van der Waals surface area contributed by atoms with Crippen molar-refractivity contribution in [3.05, 3.63) is 65.2 Å². The van der Waals surface area contributed by atoms with Crippen LogP contribution in [0.4, 0.5) is 9.52 Å². The third kappa shape index (κ3) is 3.23. The number of amides is 1. The van der Waals surface area contributed by atoms with Crippen molar-refractivity contribution >= 4 is 38.4 Å². The first-order chi connectivity index (χ1) is 14.3. The number of nitrogens with zero attached hydrogens (tertiary/aromatic N) is 2. The van der Waals surface area contributed by atoms with Gasteiger partial charge in [0.05, 0.1) is 28.9 Å². The van der Waals surface area contributed by atoms with E-state index in [2.05, 4.69) is 4.98 Å². The molecule has 8 heteroatoms. The summed E-state index contributed by atoms with van der Waals surface area (Å²) in [6.07, 6.45) is 0. The number of thiazole rings is 1. The second-order valence-electron chi connectivity index (χ2n) is 7.24. The molecule has 3 aromatic rings. The Hall–Kier alpha value is -3.26. The molecule has 1 aromatic heterocycles. The van der Waals surface area contributed by atoms with Gasteiger partial charge in [0, 0.05) is 5.92 Å². The molecule has 0 spiro atoms. The number of carbonyl (C=O) groups excluding carboxylic acids is 2. The number of aliphatic hydroxyl groups excluding tert-OH is 1. The van der Waals surface area contributed by atoms with E-state index in [9.17, 15) is 19.1 Å². The van der Waals surface area contributed by atoms with Gasteiger partial charge in [-0.25, -0.2) is 9.37 Å². The zero-order valence-electron chi connectivity index (χ0n) is 16.5. The van der Waals surface area contributed by atoms with Crippen molar-refractivity contribution in [1.82, 2.24) is 4.98 Å². The first-order valence-corrected chi connectivity index (χ1v) is 10.1. The minimum Gasteiger partial charge on any atom is -0.503 e. The van der Waals surface area contributed by atoms with Gasteiger partial charge in [-0.15, -0.1) is 0 Å². The highest BCUT2D eigenvalue weighted by Gasteiger charge is 2.46. The number of carbonyl (C=O) groups is 2. The van der Waals surface area contributed by atoms with Crippen molar-refractivity contribution < 1.29 is 23.8 Å². The molecule has 1 atom stereocenters. The second-order valence-corrected chi connectivity index (χ2v) is 8.25. The van der Waals surface area contributed by atoms with Crippen LogP contribution < -0.4 is 9.64 Å². The highest BCUT2D eigenvalue weighted by molar-refractivity contribution is 7.22. The first kappa shape index (κ1) is 20.0.